The Morgan fingerprint density at radius 1 is 1.29 bits per heavy atom. The van der Waals surface area contributed by atoms with E-state index in [1.807, 2.05) is 35.2 Å². The first-order chi connectivity index (χ1) is 11.7. The number of amides is 1. The van der Waals surface area contributed by atoms with Crippen molar-refractivity contribution in [3.8, 4) is 11.5 Å². The van der Waals surface area contributed by atoms with Crippen LogP contribution in [0.2, 0.25) is 0 Å². The minimum absolute atomic E-state index is 0.0777. The number of rotatable bonds is 5. The van der Waals surface area contributed by atoms with Gasteiger partial charge in [0, 0.05) is 18.0 Å². The Morgan fingerprint density at radius 2 is 2.04 bits per heavy atom. The van der Waals surface area contributed by atoms with E-state index in [1.165, 1.54) is 0 Å². The fraction of sp³-hybridized carbons (Fsp3) is 0.500. The van der Waals surface area contributed by atoms with E-state index in [4.69, 9.17) is 9.26 Å². The quantitative estimate of drug-likeness (QED) is 0.843. The number of nitrogens with zero attached hydrogens (tertiary/aromatic N) is 3. The average Bonchev–Trinajstić information content (AvgIpc) is 3.14. The molecule has 0 bridgehead atoms. The monoisotopic (exact) mass is 329 g/mol. The fourth-order valence-corrected chi connectivity index (χ4v) is 2.97. The highest BCUT2D eigenvalue weighted by Gasteiger charge is 2.31. The van der Waals surface area contributed by atoms with E-state index >= 15 is 0 Å². The summed E-state index contributed by atoms with van der Waals surface area (Å²) < 4.78 is 11.1. The van der Waals surface area contributed by atoms with Crippen LogP contribution in [-0.2, 0) is 9.53 Å². The van der Waals surface area contributed by atoms with Crippen LogP contribution in [0.4, 0.5) is 0 Å². The zero-order valence-electron chi connectivity index (χ0n) is 14.1. The summed E-state index contributed by atoms with van der Waals surface area (Å²) in [7, 11) is 0. The van der Waals surface area contributed by atoms with Crippen LogP contribution in [0, 0.1) is 5.92 Å². The summed E-state index contributed by atoms with van der Waals surface area (Å²) >= 11 is 0. The lowest BCUT2D eigenvalue weighted by Gasteiger charge is -2.33. The molecule has 24 heavy (non-hydrogen) atoms. The highest BCUT2D eigenvalue weighted by Crippen LogP contribution is 2.25. The van der Waals surface area contributed by atoms with Crippen molar-refractivity contribution in [2.24, 2.45) is 5.92 Å². The maximum Gasteiger partial charge on any atom is 0.258 e. The van der Waals surface area contributed by atoms with Gasteiger partial charge >= 0.3 is 0 Å². The van der Waals surface area contributed by atoms with Crippen molar-refractivity contribution in [1.29, 1.82) is 0 Å². The molecule has 0 unspecified atom stereocenters. The summed E-state index contributed by atoms with van der Waals surface area (Å²) in [6, 6.07) is 9.62. The zero-order valence-corrected chi connectivity index (χ0v) is 14.1. The molecule has 6 nitrogen and oxygen atoms in total. The molecule has 0 saturated carbocycles. The van der Waals surface area contributed by atoms with E-state index in [1.54, 1.807) is 0 Å². The number of carbonyl (C=O) groups is 1. The fourth-order valence-electron chi connectivity index (χ4n) is 2.97. The van der Waals surface area contributed by atoms with Crippen LogP contribution in [-0.4, -0.2) is 40.6 Å². The number of hydrogen-bond acceptors (Lipinski definition) is 5. The molecule has 1 aromatic carbocycles. The molecule has 0 radical (unpaired) electrons. The standard InChI is InChI=1S/C18H23N3O3/c1-3-13(4-2)18(22)21-10-11-23-15(12-21)16-19-17(24-20-16)14-8-6-5-7-9-14/h5-9,13,15H,3-4,10-12H2,1-2H3/t15-/m0/s1. The van der Waals surface area contributed by atoms with Crippen LogP contribution in [0.5, 0.6) is 0 Å². The molecule has 6 heteroatoms. The Hall–Kier alpha value is -2.21. The topological polar surface area (TPSA) is 68.5 Å². The van der Waals surface area contributed by atoms with Crippen molar-refractivity contribution < 1.29 is 14.1 Å². The predicted molar refractivity (Wildman–Crippen MR) is 89.1 cm³/mol. The third-order valence-electron chi connectivity index (χ3n) is 4.46. The summed E-state index contributed by atoms with van der Waals surface area (Å²) in [6.07, 6.45) is 1.38. The van der Waals surface area contributed by atoms with Gasteiger partial charge in [-0.1, -0.05) is 37.2 Å². The van der Waals surface area contributed by atoms with E-state index in [-0.39, 0.29) is 17.9 Å². The zero-order chi connectivity index (χ0) is 16.9. The van der Waals surface area contributed by atoms with Gasteiger partial charge in [-0.15, -0.1) is 0 Å². The third-order valence-corrected chi connectivity index (χ3v) is 4.46. The van der Waals surface area contributed by atoms with Crippen molar-refractivity contribution in [2.75, 3.05) is 19.7 Å². The second-order valence-corrected chi connectivity index (χ2v) is 5.98. The molecule has 1 aliphatic rings. The van der Waals surface area contributed by atoms with Gasteiger partial charge in [0.1, 0.15) is 6.10 Å². The highest BCUT2D eigenvalue weighted by molar-refractivity contribution is 5.78. The molecular formula is C18H23N3O3. The van der Waals surface area contributed by atoms with Gasteiger partial charge in [0.05, 0.1) is 13.2 Å². The smallest absolute Gasteiger partial charge is 0.258 e. The summed E-state index contributed by atoms with van der Waals surface area (Å²) in [4.78, 5) is 18.9. The molecule has 1 aromatic heterocycles. The molecular weight excluding hydrogens is 306 g/mol. The van der Waals surface area contributed by atoms with Gasteiger partial charge in [0.25, 0.3) is 5.89 Å². The Kier molecular flexibility index (Phi) is 5.25. The molecule has 0 aliphatic carbocycles. The lowest BCUT2D eigenvalue weighted by molar-refractivity contribution is -0.144. The first-order valence-corrected chi connectivity index (χ1v) is 8.52. The van der Waals surface area contributed by atoms with Crippen molar-refractivity contribution in [2.45, 2.75) is 32.8 Å². The third kappa shape index (κ3) is 3.48. The van der Waals surface area contributed by atoms with E-state index in [2.05, 4.69) is 24.0 Å². The van der Waals surface area contributed by atoms with Gasteiger partial charge in [0.15, 0.2) is 0 Å². The van der Waals surface area contributed by atoms with Gasteiger partial charge in [-0.25, -0.2) is 0 Å². The van der Waals surface area contributed by atoms with Crippen molar-refractivity contribution >= 4 is 5.91 Å². The molecule has 1 atom stereocenters. The van der Waals surface area contributed by atoms with E-state index in [0.717, 1.165) is 18.4 Å². The molecule has 1 fully saturated rings. The minimum Gasteiger partial charge on any atom is -0.366 e. The number of morpholine rings is 1. The number of aromatic nitrogens is 2. The largest absolute Gasteiger partial charge is 0.366 e. The SMILES string of the molecule is CCC(CC)C(=O)N1CCO[C@H](c2noc(-c3ccccc3)n2)C1. The Morgan fingerprint density at radius 3 is 2.75 bits per heavy atom. The summed E-state index contributed by atoms with van der Waals surface area (Å²) in [5.74, 6) is 1.24. The first-order valence-electron chi connectivity index (χ1n) is 8.52. The lowest BCUT2D eigenvalue weighted by Crippen LogP contribution is -2.45. The molecule has 3 rings (SSSR count). The number of ether oxygens (including phenoxy) is 1. The Labute approximate surface area is 141 Å². The van der Waals surface area contributed by atoms with Gasteiger partial charge in [-0.05, 0) is 25.0 Å². The second kappa shape index (κ2) is 7.57. The van der Waals surface area contributed by atoms with Crippen LogP contribution < -0.4 is 0 Å². The average molecular weight is 329 g/mol. The van der Waals surface area contributed by atoms with Crippen LogP contribution in [0.25, 0.3) is 11.5 Å². The lowest BCUT2D eigenvalue weighted by atomic mass is 10.0. The van der Waals surface area contributed by atoms with E-state index in [9.17, 15) is 4.79 Å². The van der Waals surface area contributed by atoms with Crippen molar-refractivity contribution in [3.63, 3.8) is 0 Å². The maximum atomic E-state index is 12.6. The summed E-state index contributed by atoms with van der Waals surface area (Å²) in [5.41, 5.74) is 0.872. The van der Waals surface area contributed by atoms with Crippen LogP contribution in [0.1, 0.15) is 38.6 Å². The molecule has 0 spiro atoms. The molecule has 0 N–H and O–H groups in total. The number of hydrogen-bond donors (Lipinski definition) is 0. The van der Waals surface area contributed by atoms with Gasteiger partial charge in [0.2, 0.25) is 11.7 Å². The predicted octanol–water partition coefficient (Wildman–Crippen LogP) is 3.07. The van der Waals surface area contributed by atoms with Crippen molar-refractivity contribution in [3.05, 3.63) is 36.2 Å². The maximum absolute atomic E-state index is 12.6. The first kappa shape index (κ1) is 16.6. The van der Waals surface area contributed by atoms with Gasteiger partial charge in [-0.2, -0.15) is 4.98 Å². The Balaban J connectivity index is 1.71. The molecule has 1 amide bonds. The van der Waals surface area contributed by atoms with Gasteiger partial charge < -0.3 is 14.2 Å². The number of benzene rings is 1. The second-order valence-electron chi connectivity index (χ2n) is 5.98. The highest BCUT2D eigenvalue weighted by atomic mass is 16.5. The molecule has 1 saturated heterocycles. The van der Waals surface area contributed by atoms with Crippen LogP contribution in [0.3, 0.4) is 0 Å². The van der Waals surface area contributed by atoms with Gasteiger partial charge in [-0.3, -0.25) is 4.79 Å². The van der Waals surface area contributed by atoms with Crippen LogP contribution >= 0.6 is 0 Å². The molecule has 2 aromatic rings. The summed E-state index contributed by atoms with van der Waals surface area (Å²) in [6.45, 7) is 5.69. The minimum atomic E-state index is -0.335. The Bertz CT molecular complexity index is 667. The van der Waals surface area contributed by atoms with Crippen LogP contribution in [0.15, 0.2) is 34.9 Å². The van der Waals surface area contributed by atoms with E-state index < -0.39 is 0 Å². The van der Waals surface area contributed by atoms with E-state index in [0.29, 0.717) is 31.4 Å². The number of carbonyl (C=O) groups excluding carboxylic acids is 1. The van der Waals surface area contributed by atoms with Crippen molar-refractivity contribution in [1.82, 2.24) is 15.0 Å². The summed E-state index contributed by atoms with van der Waals surface area (Å²) in [5, 5.41) is 4.05. The molecule has 1 aliphatic heterocycles. The molecule has 2 heterocycles. The molecule has 128 valence electrons. The normalized spacial score (nSPS) is 18.1.